The van der Waals surface area contributed by atoms with Gasteiger partial charge in [0.2, 0.25) is 0 Å². The minimum Gasteiger partial charge on any atom is -0.383 e. The van der Waals surface area contributed by atoms with Crippen LogP contribution >= 0.6 is 11.3 Å². The van der Waals surface area contributed by atoms with Crippen molar-refractivity contribution in [1.29, 1.82) is 0 Å². The van der Waals surface area contributed by atoms with Gasteiger partial charge in [-0.2, -0.15) is 0 Å². The van der Waals surface area contributed by atoms with Crippen LogP contribution in [0.3, 0.4) is 0 Å². The normalized spacial score (nSPS) is 15.1. The molecule has 0 unspecified atom stereocenters. The summed E-state index contributed by atoms with van der Waals surface area (Å²) in [6.07, 6.45) is 5.39. The number of aromatic nitrogens is 4. The van der Waals surface area contributed by atoms with Gasteiger partial charge < -0.3 is 15.0 Å². The molecule has 0 amide bonds. The molecule has 1 fully saturated rings. The molecule has 4 heterocycles. The van der Waals surface area contributed by atoms with Crippen molar-refractivity contribution in [3.63, 3.8) is 0 Å². The zero-order chi connectivity index (χ0) is 21.7. The summed E-state index contributed by atoms with van der Waals surface area (Å²) in [5.74, 6) is 1.07. The summed E-state index contributed by atoms with van der Waals surface area (Å²) >= 11 is 1.67. The summed E-state index contributed by atoms with van der Waals surface area (Å²) in [4.78, 5) is 14.7. The molecule has 31 heavy (non-hydrogen) atoms. The lowest BCUT2D eigenvalue weighted by molar-refractivity contribution is 0.0858. The maximum atomic E-state index is 15.7. The van der Waals surface area contributed by atoms with Crippen molar-refractivity contribution in [2.24, 2.45) is 7.05 Å². The first-order valence-electron chi connectivity index (χ1n) is 10.4. The highest BCUT2D eigenvalue weighted by Gasteiger charge is 2.24. The molecule has 2 N–H and O–H groups in total. The van der Waals surface area contributed by atoms with Gasteiger partial charge >= 0.3 is 0 Å². The number of rotatable bonds is 3. The number of nitrogens with zero attached hydrogens (tertiary/aromatic N) is 4. The molecule has 1 saturated heterocycles. The summed E-state index contributed by atoms with van der Waals surface area (Å²) in [7, 11) is 1.87. The zero-order valence-corrected chi connectivity index (χ0v) is 18.6. The molecule has 1 aliphatic heterocycles. The van der Waals surface area contributed by atoms with Crippen LogP contribution < -0.4 is 5.73 Å². The Labute approximate surface area is 183 Å². The second-order valence-electron chi connectivity index (χ2n) is 8.01. The Morgan fingerprint density at radius 1 is 1.13 bits per heavy atom. The first-order chi connectivity index (χ1) is 15.0. The molecule has 8 heteroatoms. The van der Waals surface area contributed by atoms with E-state index in [4.69, 9.17) is 15.5 Å². The van der Waals surface area contributed by atoms with Crippen LogP contribution in [0.1, 0.15) is 35.2 Å². The fraction of sp³-hybridized carbons (Fsp3) is 0.348. The van der Waals surface area contributed by atoms with Crippen LogP contribution in [0.4, 0.5) is 10.2 Å². The molecule has 160 valence electrons. The largest absolute Gasteiger partial charge is 0.383 e. The van der Waals surface area contributed by atoms with E-state index in [1.165, 1.54) is 4.88 Å². The minimum absolute atomic E-state index is 0.176. The van der Waals surface area contributed by atoms with Gasteiger partial charge in [-0.25, -0.2) is 19.3 Å². The number of fused-ring (bicyclic) bond motifs is 1. The van der Waals surface area contributed by atoms with E-state index in [1.54, 1.807) is 29.8 Å². The van der Waals surface area contributed by atoms with E-state index in [0.29, 0.717) is 22.6 Å². The maximum Gasteiger partial charge on any atom is 0.144 e. The number of hydrogen-bond donors (Lipinski definition) is 1. The fourth-order valence-electron chi connectivity index (χ4n) is 4.30. The van der Waals surface area contributed by atoms with E-state index in [1.807, 2.05) is 31.5 Å². The van der Waals surface area contributed by atoms with Gasteiger partial charge in [-0.1, -0.05) is 6.07 Å². The average Bonchev–Trinajstić information content (AvgIpc) is 3.31. The summed E-state index contributed by atoms with van der Waals surface area (Å²) in [6, 6.07) is 3.70. The van der Waals surface area contributed by atoms with Gasteiger partial charge in [-0.05, 0) is 38.7 Å². The summed E-state index contributed by atoms with van der Waals surface area (Å²) in [5, 5.41) is 1.90. The number of pyridine rings is 1. The highest BCUT2D eigenvalue weighted by Crippen LogP contribution is 2.41. The summed E-state index contributed by atoms with van der Waals surface area (Å²) < 4.78 is 23.1. The van der Waals surface area contributed by atoms with Gasteiger partial charge in [0.1, 0.15) is 22.5 Å². The molecule has 5 rings (SSSR count). The van der Waals surface area contributed by atoms with Crippen molar-refractivity contribution in [1.82, 2.24) is 19.5 Å². The van der Waals surface area contributed by atoms with Crippen LogP contribution in [0, 0.1) is 19.7 Å². The fourth-order valence-corrected chi connectivity index (χ4v) is 5.56. The van der Waals surface area contributed by atoms with Crippen LogP contribution in [0.15, 0.2) is 24.5 Å². The van der Waals surface area contributed by atoms with Gasteiger partial charge in [-0.15, -0.1) is 11.3 Å². The lowest BCUT2D eigenvalue weighted by Crippen LogP contribution is -2.13. The number of halogens is 1. The number of benzene rings is 1. The molecule has 6 nitrogen and oxygen atoms in total. The Hall–Kier alpha value is -2.84. The Morgan fingerprint density at radius 3 is 2.61 bits per heavy atom. The number of anilines is 1. The molecule has 3 aromatic heterocycles. The van der Waals surface area contributed by atoms with Crippen LogP contribution in [-0.4, -0.2) is 32.7 Å². The van der Waals surface area contributed by atoms with E-state index in [-0.39, 0.29) is 11.6 Å². The van der Waals surface area contributed by atoms with Crippen molar-refractivity contribution in [3.05, 3.63) is 46.7 Å². The molecular weight excluding hydrogens is 413 g/mol. The quantitative estimate of drug-likeness (QED) is 0.488. The number of nitrogen functional groups attached to an aromatic ring is 1. The number of aryl methyl sites for hydroxylation is 2. The lowest BCUT2D eigenvalue weighted by atomic mass is 9.97. The molecule has 0 bridgehead atoms. The first-order valence-corrected chi connectivity index (χ1v) is 11.2. The van der Waals surface area contributed by atoms with Crippen molar-refractivity contribution in [2.75, 3.05) is 18.9 Å². The van der Waals surface area contributed by atoms with E-state index in [9.17, 15) is 0 Å². The van der Waals surface area contributed by atoms with Crippen molar-refractivity contribution in [3.8, 4) is 21.8 Å². The van der Waals surface area contributed by atoms with Crippen LogP contribution in [0.2, 0.25) is 0 Å². The van der Waals surface area contributed by atoms with Gasteiger partial charge in [0.25, 0.3) is 0 Å². The highest BCUT2D eigenvalue weighted by atomic mass is 32.1. The second kappa shape index (κ2) is 7.69. The van der Waals surface area contributed by atoms with E-state index in [2.05, 4.69) is 9.97 Å². The van der Waals surface area contributed by atoms with E-state index < -0.39 is 0 Å². The summed E-state index contributed by atoms with van der Waals surface area (Å²) in [5.41, 5.74) is 9.14. The van der Waals surface area contributed by atoms with Crippen LogP contribution in [-0.2, 0) is 11.8 Å². The molecule has 4 aromatic rings. The SMILES string of the molecule is Cc1nc(-c2cnc(N)c3c(F)c(-c4cnc(C)n4C)ccc23)sc1C1CCOCC1. The highest BCUT2D eigenvalue weighted by molar-refractivity contribution is 7.15. The Kier molecular flexibility index (Phi) is 4.98. The van der Waals surface area contributed by atoms with Crippen molar-refractivity contribution < 1.29 is 9.13 Å². The van der Waals surface area contributed by atoms with E-state index >= 15 is 4.39 Å². The van der Waals surface area contributed by atoms with Gasteiger partial charge in [-0.3, -0.25) is 0 Å². The third-order valence-electron chi connectivity index (χ3n) is 6.17. The Balaban J connectivity index is 1.65. The van der Waals surface area contributed by atoms with Crippen LogP contribution in [0.25, 0.3) is 32.6 Å². The van der Waals surface area contributed by atoms with Gasteiger partial charge in [0.15, 0.2) is 0 Å². The minimum atomic E-state index is -0.384. The number of imidazole rings is 1. The standard InChI is InChI=1S/C23H24FN5OS/c1-12-21(14-6-8-30-9-7-14)31-23(28-12)17-10-27-22(25)19-15(17)4-5-16(20(19)24)18-11-26-13(2)29(18)3/h4-5,10-11,14H,6-9H2,1-3H3,(H2,25,27). The zero-order valence-electron chi connectivity index (χ0n) is 17.8. The van der Waals surface area contributed by atoms with Gasteiger partial charge in [0, 0.05) is 47.8 Å². The molecule has 1 aromatic carbocycles. The topological polar surface area (TPSA) is 78.9 Å². The number of ether oxygens (including phenoxy) is 1. The van der Waals surface area contributed by atoms with Crippen molar-refractivity contribution in [2.45, 2.75) is 32.6 Å². The molecule has 0 aliphatic carbocycles. The molecule has 0 saturated carbocycles. The lowest BCUT2D eigenvalue weighted by Gasteiger charge is -2.21. The smallest absolute Gasteiger partial charge is 0.144 e. The molecule has 0 radical (unpaired) electrons. The monoisotopic (exact) mass is 437 g/mol. The molecule has 1 aliphatic rings. The molecular formula is C23H24FN5OS. The Morgan fingerprint density at radius 2 is 1.90 bits per heavy atom. The number of thiazole rings is 1. The number of hydrogen-bond acceptors (Lipinski definition) is 6. The molecule has 0 atom stereocenters. The molecule has 0 spiro atoms. The summed E-state index contributed by atoms with van der Waals surface area (Å²) in [6.45, 7) is 5.49. The second-order valence-corrected chi connectivity index (χ2v) is 9.04. The third kappa shape index (κ3) is 3.30. The van der Waals surface area contributed by atoms with Gasteiger partial charge in [0.05, 0.1) is 23.0 Å². The van der Waals surface area contributed by atoms with Crippen LogP contribution in [0.5, 0.6) is 0 Å². The van der Waals surface area contributed by atoms with E-state index in [0.717, 1.165) is 53.5 Å². The average molecular weight is 438 g/mol. The predicted octanol–water partition coefficient (Wildman–Crippen LogP) is 4.99. The predicted molar refractivity (Wildman–Crippen MR) is 122 cm³/mol. The maximum absolute atomic E-state index is 15.7. The van der Waals surface area contributed by atoms with Crippen molar-refractivity contribution >= 4 is 27.9 Å². The Bertz CT molecular complexity index is 1290. The third-order valence-corrected chi connectivity index (χ3v) is 7.53. The number of nitrogens with two attached hydrogens (primary N) is 1. The first kappa shape index (κ1) is 20.1.